The highest BCUT2D eigenvalue weighted by molar-refractivity contribution is 9.10. The Morgan fingerprint density at radius 2 is 2.04 bits per heavy atom. The lowest BCUT2D eigenvalue weighted by Gasteiger charge is -2.42. The Balaban J connectivity index is 2.14. The Hall–Kier alpha value is -2.38. The summed E-state index contributed by atoms with van der Waals surface area (Å²) in [6, 6.07) is 13.1. The van der Waals surface area contributed by atoms with Crippen LogP contribution < -0.4 is 4.90 Å². The summed E-state index contributed by atoms with van der Waals surface area (Å²) in [7, 11) is 0. The van der Waals surface area contributed by atoms with Crippen molar-refractivity contribution in [1.29, 1.82) is 5.26 Å². The van der Waals surface area contributed by atoms with Crippen LogP contribution in [0.15, 0.2) is 46.9 Å². The molecular formula is C23H22BrFN2. The largest absolute Gasteiger partial charge is 0.363 e. The van der Waals surface area contributed by atoms with Gasteiger partial charge in [-0.15, -0.1) is 0 Å². The van der Waals surface area contributed by atoms with Gasteiger partial charge in [0, 0.05) is 27.8 Å². The summed E-state index contributed by atoms with van der Waals surface area (Å²) in [4.78, 5) is 2.20. The van der Waals surface area contributed by atoms with Crippen molar-refractivity contribution in [2.45, 2.75) is 33.2 Å². The fraction of sp³-hybridized carbons (Fsp3) is 0.261. The second kappa shape index (κ2) is 7.32. The highest BCUT2D eigenvalue weighted by atomic mass is 79.9. The van der Waals surface area contributed by atoms with Gasteiger partial charge in [0.1, 0.15) is 5.82 Å². The van der Waals surface area contributed by atoms with E-state index in [1.54, 1.807) is 12.1 Å². The molecule has 1 heterocycles. The summed E-state index contributed by atoms with van der Waals surface area (Å²) in [6.07, 6.45) is 3.84. The number of hydrogen-bond donors (Lipinski definition) is 0. The number of benzene rings is 2. The summed E-state index contributed by atoms with van der Waals surface area (Å²) in [5, 5.41) is 9.59. The van der Waals surface area contributed by atoms with Crippen molar-refractivity contribution in [2.75, 3.05) is 11.4 Å². The van der Waals surface area contributed by atoms with E-state index < -0.39 is 0 Å². The van der Waals surface area contributed by atoms with Crippen molar-refractivity contribution in [3.8, 4) is 6.07 Å². The third-order valence-electron chi connectivity index (χ3n) is 4.97. The number of allylic oxidation sites excluding steroid dienone is 2. The molecule has 0 fully saturated rings. The number of nitrogens with zero attached hydrogens (tertiary/aromatic N) is 2. The van der Waals surface area contributed by atoms with Crippen LogP contribution in [-0.4, -0.2) is 12.1 Å². The standard InChI is InChI=1S/C23H22BrFN2/c1-5-27-22-12-21(25)17(11-20(22)15(2)13-23(27,3)4)9-18(14-26)16-7-6-8-19(24)10-16/h6-13H,5H2,1-4H3/b18-9+. The Morgan fingerprint density at radius 1 is 1.30 bits per heavy atom. The number of anilines is 1. The first-order valence-corrected chi connectivity index (χ1v) is 9.75. The molecule has 0 atom stereocenters. The van der Waals surface area contributed by atoms with Crippen LogP contribution in [0.2, 0.25) is 0 Å². The topological polar surface area (TPSA) is 27.0 Å². The molecule has 3 rings (SSSR count). The molecule has 2 aromatic rings. The van der Waals surface area contributed by atoms with Crippen LogP contribution in [0.3, 0.4) is 0 Å². The third kappa shape index (κ3) is 3.70. The maximum atomic E-state index is 14.9. The molecule has 0 N–H and O–H groups in total. The number of nitriles is 1. The minimum absolute atomic E-state index is 0.163. The van der Waals surface area contributed by atoms with E-state index in [-0.39, 0.29) is 11.4 Å². The van der Waals surface area contributed by atoms with Crippen molar-refractivity contribution in [2.24, 2.45) is 0 Å². The van der Waals surface area contributed by atoms with Crippen molar-refractivity contribution < 1.29 is 4.39 Å². The van der Waals surface area contributed by atoms with Gasteiger partial charge >= 0.3 is 0 Å². The van der Waals surface area contributed by atoms with Gasteiger partial charge in [0.25, 0.3) is 0 Å². The molecule has 0 aliphatic carbocycles. The van der Waals surface area contributed by atoms with Gasteiger partial charge in [0.2, 0.25) is 0 Å². The Morgan fingerprint density at radius 3 is 2.67 bits per heavy atom. The molecule has 0 unspecified atom stereocenters. The third-order valence-corrected chi connectivity index (χ3v) is 5.46. The number of fused-ring (bicyclic) bond motifs is 1. The summed E-state index contributed by atoms with van der Waals surface area (Å²) >= 11 is 3.42. The van der Waals surface area contributed by atoms with E-state index in [1.807, 2.05) is 30.3 Å². The van der Waals surface area contributed by atoms with Gasteiger partial charge in [-0.2, -0.15) is 5.26 Å². The van der Waals surface area contributed by atoms with Crippen LogP contribution >= 0.6 is 15.9 Å². The molecule has 0 amide bonds. The Bertz CT molecular complexity index is 996. The maximum Gasteiger partial charge on any atom is 0.132 e. The minimum atomic E-state index is -0.319. The maximum absolute atomic E-state index is 14.9. The molecule has 2 aromatic carbocycles. The SMILES string of the molecule is CCN1c2cc(F)c(/C=C(\C#N)c3cccc(Br)c3)cc2C(C)=CC1(C)C. The van der Waals surface area contributed by atoms with Gasteiger partial charge in [0.15, 0.2) is 0 Å². The summed E-state index contributed by atoms with van der Waals surface area (Å²) in [5.74, 6) is -0.319. The molecule has 0 spiro atoms. The average Bonchev–Trinajstić information content (AvgIpc) is 2.60. The molecule has 0 bridgehead atoms. The molecular weight excluding hydrogens is 403 g/mol. The van der Waals surface area contributed by atoms with Gasteiger partial charge in [-0.25, -0.2) is 4.39 Å². The van der Waals surface area contributed by atoms with Crippen LogP contribution in [-0.2, 0) is 0 Å². The zero-order valence-electron chi connectivity index (χ0n) is 16.0. The van der Waals surface area contributed by atoms with Gasteiger partial charge < -0.3 is 4.90 Å². The van der Waals surface area contributed by atoms with Gasteiger partial charge in [-0.1, -0.05) is 34.1 Å². The van der Waals surface area contributed by atoms with Crippen LogP contribution in [0, 0.1) is 17.1 Å². The summed E-state index contributed by atoms with van der Waals surface area (Å²) in [5.41, 5.74) is 4.48. The second-order valence-electron chi connectivity index (χ2n) is 7.30. The van der Waals surface area contributed by atoms with E-state index in [2.05, 4.69) is 60.7 Å². The lowest BCUT2D eigenvalue weighted by atomic mass is 9.87. The molecule has 1 aliphatic heterocycles. The summed E-state index contributed by atoms with van der Waals surface area (Å²) in [6.45, 7) is 9.19. The van der Waals surface area contributed by atoms with Crippen LogP contribution in [0.5, 0.6) is 0 Å². The minimum Gasteiger partial charge on any atom is -0.363 e. The van der Waals surface area contributed by atoms with Crippen molar-refractivity contribution in [1.82, 2.24) is 0 Å². The normalized spacial score (nSPS) is 15.8. The van der Waals surface area contributed by atoms with Gasteiger partial charge in [-0.3, -0.25) is 0 Å². The van der Waals surface area contributed by atoms with Crippen molar-refractivity contribution in [3.05, 3.63) is 69.5 Å². The van der Waals surface area contributed by atoms with Crippen LogP contribution in [0.4, 0.5) is 10.1 Å². The zero-order chi connectivity index (χ0) is 19.8. The average molecular weight is 425 g/mol. The lowest BCUT2D eigenvalue weighted by Crippen LogP contribution is -2.45. The molecule has 0 saturated heterocycles. The van der Waals surface area contributed by atoms with Gasteiger partial charge in [0.05, 0.1) is 17.2 Å². The Kier molecular flexibility index (Phi) is 5.26. The monoisotopic (exact) mass is 424 g/mol. The molecule has 4 heteroatoms. The van der Waals surface area contributed by atoms with Crippen molar-refractivity contribution >= 4 is 38.8 Å². The van der Waals surface area contributed by atoms with E-state index in [9.17, 15) is 9.65 Å². The zero-order valence-corrected chi connectivity index (χ0v) is 17.6. The van der Waals surface area contributed by atoms with E-state index in [4.69, 9.17) is 0 Å². The first-order valence-electron chi connectivity index (χ1n) is 8.95. The quantitative estimate of drug-likeness (QED) is 0.406. The van der Waals surface area contributed by atoms with E-state index in [0.29, 0.717) is 11.1 Å². The van der Waals surface area contributed by atoms with E-state index in [0.717, 1.165) is 33.4 Å². The van der Waals surface area contributed by atoms with Crippen molar-refractivity contribution in [3.63, 3.8) is 0 Å². The van der Waals surface area contributed by atoms with Crippen LogP contribution in [0.1, 0.15) is 44.4 Å². The fourth-order valence-electron chi connectivity index (χ4n) is 3.79. The molecule has 2 nitrogen and oxygen atoms in total. The number of likely N-dealkylation sites (N-methyl/N-ethyl adjacent to an activating group) is 1. The molecule has 0 saturated carbocycles. The second-order valence-corrected chi connectivity index (χ2v) is 8.21. The summed E-state index contributed by atoms with van der Waals surface area (Å²) < 4.78 is 15.8. The molecule has 138 valence electrons. The highest BCUT2D eigenvalue weighted by Gasteiger charge is 2.31. The van der Waals surface area contributed by atoms with E-state index in [1.165, 1.54) is 0 Å². The first kappa shape index (κ1) is 19.4. The van der Waals surface area contributed by atoms with Gasteiger partial charge in [-0.05, 0) is 69.2 Å². The van der Waals surface area contributed by atoms with Crippen LogP contribution in [0.25, 0.3) is 17.2 Å². The highest BCUT2D eigenvalue weighted by Crippen LogP contribution is 2.40. The predicted molar refractivity (Wildman–Crippen MR) is 115 cm³/mol. The smallest absolute Gasteiger partial charge is 0.132 e. The molecule has 0 aromatic heterocycles. The van der Waals surface area contributed by atoms with E-state index >= 15 is 0 Å². The predicted octanol–water partition coefficient (Wildman–Crippen LogP) is 6.67. The number of rotatable bonds is 3. The lowest BCUT2D eigenvalue weighted by molar-refractivity contribution is 0.561. The number of hydrogen-bond acceptors (Lipinski definition) is 2. The first-order chi connectivity index (χ1) is 12.8. The number of halogens is 2. The molecule has 27 heavy (non-hydrogen) atoms. The fourth-order valence-corrected chi connectivity index (χ4v) is 4.19. The molecule has 1 aliphatic rings. The Labute approximate surface area is 168 Å². The molecule has 0 radical (unpaired) electrons.